The summed E-state index contributed by atoms with van der Waals surface area (Å²) in [5.74, 6) is -0.307. The zero-order chi connectivity index (χ0) is 17.6. The minimum atomic E-state index is -0.382. The number of hydrogen-bond donors (Lipinski definition) is 1. The van der Waals surface area contributed by atoms with Crippen LogP contribution in [0.5, 0.6) is 0 Å². The summed E-state index contributed by atoms with van der Waals surface area (Å²) in [4.78, 5) is 29.7. The van der Waals surface area contributed by atoms with Crippen LogP contribution in [0, 0.1) is 5.92 Å². The lowest BCUT2D eigenvalue weighted by Crippen LogP contribution is -2.43. The number of likely N-dealkylation sites (tertiary alicyclic amines) is 1. The van der Waals surface area contributed by atoms with Gasteiger partial charge in [0.05, 0.1) is 19.6 Å². The van der Waals surface area contributed by atoms with E-state index in [9.17, 15) is 9.59 Å². The van der Waals surface area contributed by atoms with Crippen LogP contribution in [0.2, 0.25) is 0 Å². The van der Waals surface area contributed by atoms with E-state index in [1.54, 1.807) is 15.9 Å². The number of nitrogens with one attached hydrogen (secondary N) is 1. The van der Waals surface area contributed by atoms with E-state index in [1.165, 1.54) is 13.4 Å². The minimum Gasteiger partial charge on any atom is -0.453 e. The van der Waals surface area contributed by atoms with Gasteiger partial charge in [0.1, 0.15) is 12.7 Å². The molecule has 1 atom stereocenters. The number of carbonyl (C=O) groups excluding carboxylic acids is 2. The molecule has 0 radical (unpaired) electrons. The normalized spacial score (nSPS) is 17.2. The standard InChI is InChI=1S/C17H21N5O3/c1-25-17(24)21-7-3-5-14(10-21)16(23)20-15-6-2-4-13(8-15)9-22-12-18-11-19-22/h2,4,6,8,11-12,14H,3,5,7,9-10H2,1H3,(H,20,23)/t14-/m0/s1. The molecule has 1 aliphatic heterocycles. The summed E-state index contributed by atoms with van der Waals surface area (Å²) in [6, 6.07) is 7.63. The summed E-state index contributed by atoms with van der Waals surface area (Å²) in [6.07, 6.45) is 4.31. The van der Waals surface area contributed by atoms with Crippen molar-refractivity contribution in [2.24, 2.45) is 5.92 Å². The third kappa shape index (κ3) is 4.34. The van der Waals surface area contributed by atoms with Gasteiger partial charge in [-0.2, -0.15) is 5.10 Å². The van der Waals surface area contributed by atoms with Gasteiger partial charge in [-0.15, -0.1) is 0 Å². The predicted octanol–water partition coefficient (Wildman–Crippen LogP) is 1.74. The minimum absolute atomic E-state index is 0.0773. The molecular formula is C17H21N5O3. The van der Waals surface area contributed by atoms with Crippen molar-refractivity contribution in [3.05, 3.63) is 42.5 Å². The first-order chi connectivity index (χ1) is 12.2. The number of hydrogen-bond acceptors (Lipinski definition) is 5. The molecule has 2 aromatic rings. The number of ether oxygens (including phenoxy) is 1. The molecule has 25 heavy (non-hydrogen) atoms. The van der Waals surface area contributed by atoms with E-state index in [2.05, 4.69) is 15.4 Å². The Kier molecular flexibility index (Phi) is 5.27. The van der Waals surface area contributed by atoms with Crippen LogP contribution in [0.25, 0.3) is 0 Å². The van der Waals surface area contributed by atoms with Gasteiger partial charge in [0.2, 0.25) is 5.91 Å². The second kappa shape index (κ2) is 7.78. The average molecular weight is 343 g/mol. The fraction of sp³-hybridized carbons (Fsp3) is 0.412. The Morgan fingerprint density at radius 2 is 2.28 bits per heavy atom. The van der Waals surface area contributed by atoms with Crippen LogP contribution in [0.4, 0.5) is 10.5 Å². The van der Waals surface area contributed by atoms with E-state index in [0.29, 0.717) is 19.6 Å². The van der Waals surface area contributed by atoms with Gasteiger partial charge in [0.25, 0.3) is 0 Å². The molecule has 0 aliphatic carbocycles. The first-order valence-electron chi connectivity index (χ1n) is 8.21. The maximum absolute atomic E-state index is 12.5. The van der Waals surface area contributed by atoms with Crippen LogP contribution in [0.1, 0.15) is 18.4 Å². The number of carbonyl (C=O) groups is 2. The van der Waals surface area contributed by atoms with E-state index in [1.807, 2.05) is 24.3 Å². The number of anilines is 1. The highest BCUT2D eigenvalue weighted by molar-refractivity contribution is 5.93. The Labute approximate surface area is 145 Å². The maximum atomic E-state index is 12.5. The predicted molar refractivity (Wildman–Crippen MR) is 90.9 cm³/mol. The molecule has 1 fully saturated rings. The molecule has 0 saturated carbocycles. The van der Waals surface area contributed by atoms with Crippen LogP contribution in [-0.4, -0.2) is 51.9 Å². The summed E-state index contributed by atoms with van der Waals surface area (Å²) in [6.45, 7) is 1.60. The van der Waals surface area contributed by atoms with Crippen molar-refractivity contribution in [2.45, 2.75) is 19.4 Å². The molecule has 1 aromatic carbocycles. The van der Waals surface area contributed by atoms with Gasteiger partial charge in [-0.3, -0.25) is 4.79 Å². The Bertz CT molecular complexity index is 732. The van der Waals surface area contributed by atoms with Gasteiger partial charge in [0.15, 0.2) is 0 Å². The Balaban J connectivity index is 1.61. The van der Waals surface area contributed by atoms with Crippen molar-refractivity contribution in [3.63, 3.8) is 0 Å². The largest absolute Gasteiger partial charge is 0.453 e. The number of nitrogens with zero attached hydrogens (tertiary/aromatic N) is 4. The number of rotatable bonds is 4. The molecule has 8 heteroatoms. The van der Waals surface area contributed by atoms with E-state index in [4.69, 9.17) is 4.74 Å². The van der Waals surface area contributed by atoms with E-state index < -0.39 is 0 Å². The van der Waals surface area contributed by atoms with Gasteiger partial charge in [-0.25, -0.2) is 14.5 Å². The molecule has 0 spiro atoms. The zero-order valence-electron chi connectivity index (χ0n) is 14.1. The third-order valence-electron chi connectivity index (χ3n) is 4.23. The highest BCUT2D eigenvalue weighted by Gasteiger charge is 2.28. The molecule has 8 nitrogen and oxygen atoms in total. The molecule has 1 aromatic heterocycles. The van der Waals surface area contributed by atoms with Gasteiger partial charge in [0, 0.05) is 18.8 Å². The Morgan fingerprint density at radius 1 is 1.40 bits per heavy atom. The zero-order valence-corrected chi connectivity index (χ0v) is 14.1. The van der Waals surface area contributed by atoms with Gasteiger partial charge >= 0.3 is 6.09 Å². The first-order valence-corrected chi connectivity index (χ1v) is 8.21. The second-order valence-corrected chi connectivity index (χ2v) is 6.04. The molecule has 132 valence electrons. The average Bonchev–Trinajstić information content (AvgIpc) is 3.14. The molecule has 1 aliphatic rings. The fourth-order valence-electron chi connectivity index (χ4n) is 2.98. The quantitative estimate of drug-likeness (QED) is 0.913. The van der Waals surface area contributed by atoms with Crippen molar-refractivity contribution in [3.8, 4) is 0 Å². The van der Waals surface area contributed by atoms with E-state index >= 15 is 0 Å². The third-order valence-corrected chi connectivity index (χ3v) is 4.23. The molecule has 0 bridgehead atoms. The van der Waals surface area contributed by atoms with Crippen LogP contribution < -0.4 is 5.32 Å². The van der Waals surface area contributed by atoms with Crippen molar-refractivity contribution >= 4 is 17.7 Å². The smallest absolute Gasteiger partial charge is 0.409 e. The van der Waals surface area contributed by atoms with Gasteiger partial charge in [-0.1, -0.05) is 12.1 Å². The summed E-state index contributed by atoms with van der Waals surface area (Å²) < 4.78 is 6.46. The van der Waals surface area contributed by atoms with Gasteiger partial charge in [-0.05, 0) is 30.5 Å². The fourth-order valence-corrected chi connectivity index (χ4v) is 2.98. The Morgan fingerprint density at radius 3 is 3.04 bits per heavy atom. The highest BCUT2D eigenvalue weighted by atomic mass is 16.5. The number of aromatic nitrogens is 3. The van der Waals surface area contributed by atoms with Gasteiger partial charge < -0.3 is 15.0 Å². The molecule has 0 unspecified atom stereocenters. The van der Waals surface area contributed by atoms with Crippen LogP contribution in [0.3, 0.4) is 0 Å². The SMILES string of the molecule is COC(=O)N1CCC[C@H](C(=O)Nc2cccc(Cn3cncn3)c2)C1. The number of amides is 2. The summed E-state index contributed by atoms with van der Waals surface area (Å²) >= 11 is 0. The molecule has 2 amide bonds. The van der Waals surface area contributed by atoms with Crippen molar-refractivity contribution < 1.29 is 14.3 Å². The van der Waals surface area contributed by atoms with Crippen molar-refractivity contribution in [1.82, 2.24) is 19.7 Å². The van der Waals surface area contributed by atoms with Crippen molar-refractivity contribution in [2.75, 3.05) is 25.5 Å². The van der Waals surface area contributed by atoms with Crippen molar-refractivity contribution in [1.29, 1.82) is 0 Å². The maximum Gasteiger partial charge on any atom is 0.409 e. The Hall–Kier alpha value is -2.90. The van der Waals surface area contributed by atoms with Crippen LogP contribution >= 0.6 is 0 Å². The first kappa shape index (κ1) is 16.9. The molecule has 1 saturated heterocycles. The topological polar surface area (TPSA) is 89.4 Å². The summed E-state index contributed by atoms with van der Waals surface area (Å²) in [7, 11) is 1.35. The molecular weight excluding hydrogens is 322 g/mol. The number of benzene rings is 1. The number of methoxy groups -OCH3 is 1. The lowest BCUT2D eigenvalue weighted by molar-refractivity contribution is -0.121. The van der Waals surface area contributed by atoms with Crippen LogP contribution in [0.15, 0.2) is 36.9 Å². The molecule has 2 heterocycles. The molecule has 3 rings (SSSR count). The lowest BCUT2D eigenvalue weighted by atomic mass is 9.97. The highest BCUT2D eigenvalue weighted by Crippen LogP contribution is 2.20. The van der Waals surface area contributed by atoms with Crippen LogP contribution in [-0.2, 0) is 16.1 Å². The lowest BCUT2D eigenvalue weighted by Gasteiger charge is -2.30. The second-order valence-electron chi connectivity index (χ2n) is 6.04. The molecule has 1 N–H and O–H groups in total. The number of piperidine rings is 1. The summed E-state index contributed by atoms with van der Waals surface area (Å²) in [5.41, 5.74) is 1.75. The van der Waals surface area contributed by atoms with E-state index in [0.717, 1.165) is 24.1 Å². The monoisotopic (exact) mass is 343 g/mol. The van der Waals surface area contributed by atoms with E-state index in [-0.39, 0.29) is 17.9 Å². The summed E-state index contributed by atoms with van der Waals surface area (Å²) in [5, 5.41) is 7.02.